The Balaban J connectivity index is 2.45. The Morgan fingerprint density at radius 1 is 1.27 bits per heavy atom. The molecule has 0 N–H and O–H groups in total. The van der Waals surface area contributed by atoms with Crippen LogP contribution in [0.3, 0.4) is 0 Å². The van der Waals surface area contributed by atoms with Crippen molar-refractivity contribution in [2.45, 2.75) is 21.2 Å². The maximum atomic E-state index is 4.43. The van der Waals surface area contributed by atoms with E-state index >= 15 is 0 Å². The summed E-state index contributed by atoms with van der Waals surface area (Å²) >= 11 is 6.96. The first-order valence-corrected chi connectivity index (χ1v) is 5.22. The van der Waals surface area contributed by atoms with E-state index in [1.54, 1.807) is 0 Å². The molecule has 1 aliphatic carbocycles. The normalized spacial score (nSPS) is 19.8. The lowest BCUT2D eigenvalue weighted by atomic mass is 10.1. The topological polar surface area (TPSA) is 0 Å². The molecule has 0 spiro atoms. The largest absolute Gasteiger partial charge is 0.143 e. The third kappa shape index (κ3) is 1.43. The third-order valence-corrected chi connectivity index (χ3v) is 4.13. The Hall–Kier alpha value is 0.300. The van der Waals surface area contributed by atoms with Crippen molar-refractivity contribution >= 4 is 35.2 Å². The van der Waals surface area contributed by atoms with E-state index in [0.29, 0.717) is 3.42 Å². The summed E-state index contributed by atoms with van der Waals surface area (Å²) in [5, 5.41) is 0. The monoisotopic (exact) mass is 276 g/mol. The number of thiol groups is 1. The molecule has 0 nitrogen and oxygen atoms in total. The van der Waals surface area contributed by atoms with Gasteiger partial charge >= 0.3 is 0 Å². The van der Waals surface area contributed by atoms with E-state index in [2.05, 4.69) is 53.4 Å². The number of hydrogen-bond acceptors (Lipinski definition) is 1. The Kier molecular flexibility index (Phi) is 1.92. The second-order valence-electron chi connectivity index (χ2n) is 2.98. The molecule has 0 aliphatic heterocycles. The minimum absolute atomic E-state index is 0.427. The fourth-order valence-electron chi connectivity index (χ4n) is 1.23. The molecule has 0 saturated heterocycles. The van der Waals surface area contributed by atoms with Crippen molar-refractivity contribution in [3.63, 3.8) is 0 Å². The average Bonchev–Trinajstić information content (AvgIpc) is 2.70. The number of rotatable bonds is 1. The molecule has 0 radical (unpaired) electrons. The maximum Gasteiger partial charge on any atom is 0.0482 e. The second-order valence-corrected chi connectivity index (χ2v) is 5.53. The summed E-state index contributed by atoms with van der Waals surface area (Å²) < 4.78 is 0.427. The lowest BCUT2D eigenvalue weighted by Gasteiger charge is -2.08. The molecule has 1 saturated carbocycles. The van der Waals surface area contributed by atoms with Crippen molar-refractivity contribution in [1.82, 2.24) is 0 Å². The van der Waals surface area contributed by atoms with Crippen LogP contribution in [0.5, 0.6) is 0 Å². The van der Waals surface area contributed by atoms with Gasteiger partial charge in [-0.2, -0.15) is 0 Å². The zero-order valence-electron chi connectivity index (χ0n) is 6.05. The first kappa shape index (κ1) is 7.92. The Labute approximate surface area is 85.9 Å². The summed E-state index contributed by atoms with van der Waals surface area (Å²) in [4.78, 5) is 1.14. The van der Waals surface area contributed by atoms with Gasteiger partial charge in [0.1, 0.15) is 0 Å². The van der Waals surface area contributed by atoms with Gasteiger partial charge in [0, 0.05) is 8.32 Å². The molecule has 11 heavy (non-hydrogen) atoms. The molecule has 0 heterocycles. The van der Waals surface area contributed by atoms with Gasteiger partial charge in [0.25, 0.3) is 0 Å². The Morgan fingerprint density at radius 3 is 2.45 bits per heavy atom. The molecule has 0 unspecified atom stereocenters. The molecular formula is C9H9IS. The Bertz CT molecular complexity index is 279. The molecule has 0 bridgehead atoms. The van der Waals surface area contributed by atoms with Crippen molar-refractivity contribution in [3.05, 3.63) is 29.8 Å². The fourth-order valence-corrected chi connectivity index (χ4v) is 2.56. The van der Waals surface area contributed by atoms with Gasteiger partial charge < -0.3 is 0 Å². The predicted octanol–water partition coefficient (Wildman–Crippen LogP) is 3.40. The lowest BCUT2D eigenvalue weighted by Crippen LogP contribution is -1.95. The number of halogens is 1. The van der Waals surface area contributed by atoms with E-state index in [9.17, 15) is 0 Å². The standard InChI is InChI=1S/C9H9IS/c10-9(5-6-9)7-3-1-2-4-8(7)11/h1-4,11H,5-6H2. The van der Waals surface area contributed by atoms with Crippen LogP contribution >= 0.6 is 35.2 Å². The van der Waals surface area contributed by atoms with Crippen LogP contribution < -0.4 is 0 Å². The fraction of sp³-hybridized carbons (Fsp3) is 0.333. The second kappa shape index (κ2) is 2.66. The van der Waals surface area contributed by atoms with E-state index in [4.69, 9.17) is 0 Å². The van der Waals surface area contributed by atoms with Gasteiger partial charge in [0.05, 0.1) is 0 Å². The van der Waals surface area contributed by atoms with Crippen molar-refractivity contribution in [2.75, 3.05) is 0 Å². The average molecular weight is 276 g/mol. The van der Waals surface area contributed by atoms with Crippen LogP contribution in [0.4, 0.5) is 0 Å². The summed E-state index contributed by atoms with van der Waals surface area (Å²) in [6, 6.07) is 8.38. The molecule has 1 aromatic rings. The van der Waals surface area contributed by atoms with Crippen LogP contribution in [0.25, 0.3) is 0 Å². The molecular weight excluding hydrogens is 267 g/mol. The zero-order chi connectivity index (χ0) is 7.90. The zero-order valence-corrected chi connectivity index (χ0v) is 9.10. The number of alkyl halides is 1. The molecule has 58 valence electrons. The van der Waals surface area contributed by atoms with E-state index in [-0.39, 0.29) is 0 Å². The van der Waals surface area contributed by atoms with Gasteiger partial charge in [-0.15, -0.1) is 12.6 Å². The quantitative estimate of drug-likeness (QED) is 0.453. The van der Waals surface area contributed by atoms with Gasteiger partial charge in [-0.05, 0) is 24.5 Å². The summed E-state index contributed by atoms with van der Waals surface area (Å²) in [6.07, 6.45) is 2.62. The predicted molar refractivity (Wildman–Crippen MR) is 58.6 cm³/mol. The summed E-state index contributed by atoms with van der Waals surface area (Å²) in [5.41, 5.74) is 1.41. The molecule has 1 aliphatic rings. The molecule has 1 aromatic carbocycles. The highest BCUT2D eigenvalue weighted by Crippen LogP contribution is 2.55. The van der Waals surface area contributed by atoms with Gasteiger partial charge in [-0.3, -0.25) is 0 Å². The van der Waals surface area contributed by atoms with E-state index in [1.165, 1.54) is 18.4 Å². The SMILES string of the molecule is Sc1ccccc1C1(I)CC1. The number of benzene rings is 1. The van der Waals surface area contributed by atoms with Crippen molar-refractivity contribution in [2.24, 2.45) is 0 Å². The summed E-state index contributed by atoms with van der Waals surface area (Å²) in [5.74, 6) is 0. The van der Waals surface area contributed by atoms with Gasteiger partial charge in [0.2, 0.25) is 0 Å². The maximum absolute atomic E-state index is 4.43. The molecule has 0 amide bonds. The smallest absolute Gasteiger partial charge is 0.0482 e. The first-order chi connectivity index (χ1) is 5.22. The molecule has 2 rings (SSSR count). The van der Waals surface area contributed by atoms with Crippen LogP contribution in [-0.4, -0.2) is 0 Å². The van der Waals surface area contributed by atoms with Crippen LogP contribution in [-0.2, 0) is 3.42 Å². The van der Waals surface area contributed by atoms with E-state index in [0.717, 1.165) is 4.90 Å². The number of hydrogen-bond donors (Lipinski definition) is 1. The van der Waals surface area contributed by atoms with Crippen LogP contribution in [0.1, 0.15) is 18.4 Å². The lowest BCUT2D eigenvalue weighted by molar-refractivity contribution is 1.04. The third-order valence-electron chi connectivity index (χ3n) is 2.08. The molecule has 0 atom stereocenters. The van der Waals surface area contributed by atoms with Crippen LogP contribution in [0.2, 0.25) is 0 Å². The van der Waals surface area contributed by atoms with E-state index in [1.807, 2.05) is 6.07 Å². The van der Waals surface area contributed by atoms with Gasteiger partial charge in [-0.25, -0.2) is 0 Å². The highest BCUT2D eigenvalue weighted by Gasteiger charge is 2.42. The highest BCUT2D eigenvalue weighted by molar-refractivity contribution is 14.1. The van der Waals surface area contributed by atoms with Crippen molar-refractivity contribution in [1.29, 1.82) is 0 Å². The first-order valence-electron chi connectivity index (χ1n) is 3.70. The molecule has 2 heteroatoms. The minimum Gasteiger partial charge on any atom is -0.143 e. The van der Waals surface area contributed by atoms with Crippen molar-refractivity contribution < 1.29 is 0 Å². The Morgan fingerprint density at radius 2 is 1.91 bits per heavy atom. The van der Waals surface area contributed by atoms with Gasteiger partial charge in [0.15, 0.2) is 0 Å². The van der Waals surface area contributed by atoms with Crippen LogP contribution in [0.15, 0.2) is 29.2 Å². The highest BCUT2D eigenvalue weighted by atomic mass is 127. The molecule has 1 fully saturated rings. The minimum atomic E-state index is 0.427. The van der Waals surface area contributed by atoms with Crippen LogP contribution in [0, 0.1) is 0 Å². The van der Waals surface area contributed by atoms with E-state index < -0.39 is 0 Å². The van der Waals surface area contributed by atoms with Crippen molar-refractivity contribution in [3.8, 4) is 0 Å². The summed E-state index contributed by atoms with van der Waals surface area (Å²) in [7, 11) is 0. The molecule has 0 aromatic heterocycles. The van der Waals surface area contributed by atoms with Gasteiger partial charge in [-0.1, -0.05) is 40.8 Å². The summed E-state index contributed by atoms with van der Waals surface area (Å²) in [6.45, 7) is 0.